The van der Waals surface area contributed by atoms with Gasteiger partial charge in [0.2, 0.25) is 5.91 Å². The van der Waals surface area contributed by atoms with E-state index >= 15 is 0 Å². The maximum Gasteiger partial charge on any atom is 0.267 e. The van der Waals surface area contributed by atoms with Crippen LogP contribution in [0, 0.1) is 11.3 Å². The van der Waals surface area contributed by atoms with Crippen LogP contribution < -0.4 is 15.6 Å². The Labute approximate surface area is 161 Å². The third-order valence-corrected chi connectivity index (χ3v) is 4.22. The molecule has 7 heteroatoms. The Balaban J connectivity index is 1.86. The Morgan fingerprint density at radius 2 is 1.93 bits per heavy atom. The second kappa shape index (κ2) is 8.18. The molecule has 0 bridgehead atoms. The number of benzene rings is 2. The number of nitrogens with one attached hydrogen (secondary N) is 1. The van der Waals surface area contributed by atoms with Gasteiger partial charge in [-0.15, -0.1) is 0 Å². The molecule has 1 heterocycles. The quantitative estimate of drug-likeness (QED) is 0.740. The van der Waals surface area contributed by atoms with Gasteiger partial charge in [-0.1, -0.05) is 12.1 Å². The van der Waals surface area contributed by atoms with E-state index in [2.05, 4.69) is 10.4 Å². The number of aromatic nitrogens is 2. The van der Waals surface area contributed by atoms with Crippen LogP contribution in [-0.2, 0) is 4.79 Å². The van der Waals surface area contributed by atoms with Crippen molar-refractivity contribution >= 4 is 11.6 Å². The van der Waals surface area contributed by atoms with E-state index in [0.29, 0.717) is 22.7 Å². The summed E-state index contributed by atoms with van der Waals surface area (Å²) in [5.74, 6) is 0.283. The molecule has 1 amide bonds. The SMILES string of the molecule is COc1cccc(-c2ccc(=O)n(C(C)C(=O)Nc3ccc(C#N)cc3)n2)c1. The highest BCUT2D eigenvalue weighted by atomic mass is 16.5. The lowest BCUT2D eigenvalue weighted by Gasteiger charge is -2.15. The first kappa shape index (κ1) is 18.9. The van der Waals surface area contributed by atoms with Gasteiger partial charge in [-0.05, 0) is 49.4 Å². The van der Waals surface area contributed by atoms with E-state index in [4.69, 9.17) is 10.00 Å². The van der Waals surface area contributed by atoms with Gasteiger partial charge < -0.3 is 10.1 Å². The third kappa shape index (κ3) is 4.07. The van der Waals surface area contributed by atoms with Gasteiger partial charge in [0, 0.05) is 17.3 Å². The Bertz CT molecular complexity index is 1100. The van der Waals surface area contributed by atoms with Gasteiger partial charge in [0.05, 0.1) is 24.4 Å². The van der Waals surface area contributed by atoms with Crippen LogP contribution in [0.25, 0.3) is 11.3 Å². The van der Waals surface area contributed by atoms with E-state index in [9.17, 15) is 9.59 Å². The van der Waals surface area contributed by atoms with E-state index in [-0.39, 0.29) is 11.5 Å². The van der Waals surface area contributed by atoms with Gasteiger partial charge >= 0.3 is 0 Å². The Kier molecular flexibility index (Phi) is 5.51. The zero-order chi connectivity index (χ0) is 20.1. The Morgan fingerprint density at radius 1 is 1.18 bits per heavy atom. The van der Waals surface area contributed by atoms with E-state index in [1.54, 1.807) is 50.4 Å². The van der Waals surface area contributed by atoms with Crippen molar-refractivity contribution in [1.82, 2.24) is 9.78 Å². The first-order valence-electron chi connectivity index (χ1n) is 8.57. The highest BCUT2D eigenvalue weighted by Crippen LogP contribution is 2.21. The van der Waals surface area contributed by atoms with Gasteiger partial charge in [-0.2, -0.15) is 10.4 Å². The number of ether oxygens (including phenoxy) is 1. The summed E-state index contributed by atoms with van der Waals surface area (Å²) in [6, 6.07) is 17.9. The average Bonchev–Trinajstić information content (AvgIpc) is 2.74. The molecule has 140 valence electrons. The predicted octanol–water partition coefficient (Wildman–Crippen LogP) is 2.99. The molecule has 0 aliphatic rings. The number of hydrogen-bond donors (Lipinski definition) is 1. The van der Waals surface area contributed by atoms with Crippen molar-refractivity contribution in [3.63, 3.8) is 0 Å². The zero-order valence-electron chi connectivity index (χ0n) is 15.4. The third-order valence-electron chi connectivity index (χ3n) is 4.22. The largest absolute Gasteiger partial charge is 0.497 e. The summed E-state index contributed by atoms with van der Waals surface area (Å²) in [7, 11) is 1.57. The molecule has 28 heavy (non-hydrogen) atoms. The number of anilines is 1. The van der Waals surface area contributed by atoms with E-state index in [0.717, 1.165) is 10.2 Å². The first-order valence-corrected chi connectivity index (χ1v) is 8.57. The zero-order valence-corrected chi connectivity index (χ0v) is 15.4. The smallest absolute Gasteiger partial charge is 0.267 e. The minimum Gasteiger partial charge on any atom is -0.497 e. The summed E-state index contributed by atoms with van der Waals surface area (Å²) in [6.07, 6.45) is 0. The van der Waals surface area contributed by atoms with Gasteiger partial charge in [0.1, 0.15) is 11.8 Å². The molecule has 0 saturated carbocycles. The van der Waals surface area contributed by atoms with Crippen molar-refractivity contribution in [3.05, 3.63) is 76.6 Å². The maximum atomic E-state index is 12.6. The van der Waals surface area contributed by atoms with Crippen LogP contribution in [0.5, 0.6) is 5.75 Å². The standard InChI is InChI=1S/C21H18N4O3/c1-14(21(27)23-17-8-6-15(13-22)7-9-17)25-20(26)11-10-19(24-25)16-4-3-5-18(12-16)28-2/h3-12,14H,1-2H3,(H,23,27). The molecule has 1 aromatic heterocycles. The highest BCUT2D eigenvalue weighted by Gasteiger charge is 2.18. The van der Waals surface area contributed by atoms with Crippen molar-refractivity contribution in [2.45, 2.75) is 13.0 Å². The summed E-state index contributed by atoms with van der Waals surface area (Å²) in [5, 5.41) is 15.9. The van der Waals surface area contributed by atoms with Crippen LogP contribution in [0.1, 0.15) is 18.5 Å². The summed E-state index contributed by atoms with van der Waals surface area (Å²) >= 11 is 0. The van der Waals surface area contributed by atoms with Crippen LogP contribution in [0.2, 0.25) is 0 Å². The molecule has 3 rings (SSSR count). The fourth-order valence-corrected chi connectivity index (χ4v) is 2.62. The number of hydrogen-bond acceptors (Lipinski definition) is 5. The van der Waals surface area contributed by atoms with Gasteiger partial charge in [-0.25, -0.2) is 4.68 Å². The minimum atomic E-state index is -0.825. The van der Waals surface area contributed by atoms with Gasteiger partial charge in [0.15, 0.2) is 0 Å². The summed E-state index contributed by atoms with van der Waals surface area (Å²) in [5.41, 5.74) is 1.97. The monoisotopic (exact) mass is 374 g/mol. The van der Waals surface area contributed by atoms with Crippen LogP contribution in [-0.4, -0.2) is 22.8 Å². The lowest BCUT2D eigenvalue weighted by Crippen LogP contribution is -2.33. The van der Waals surface area contributed by atoms with Gasteiger partial charge in [0.25, 0.3) is 5.56 Å². The van der Waals surface area contributed by atoms with E-state index < -0.39 is 6.04 Å². The molecular weight excluding hydrogens is 356 g/mol. The molecule has 0 aliphatic heterocycles. The number of amides is 1. The Morgan fingerprint density at radius 3 is 2.61 bits per heavy atom. The molecule has 0 radical (unpaired) electrons. The molecule has 1 atom stereocenters. The van der Waals surface area contributed by atoms with Crippen LogP contribution in [0.3, 0.4) is 0 Å². The van der Waals surface area contributed by atoms with Crippen LogP contribution in [0.4, 0.5) is 5.69 Å². The minimum absolute atomic E-state index is 0.380. The van der Waals surface area contributed by atoms with Crippen molar-refractivity contribution in [3.8, 4) is 23.1 Å². The normalized spacial score (nSPS) is 11.3. The fourth-order valence-electron chi connectivity index (χ4n) is 2.62. The van der Waals surface area contributed by atoms with E-state index in [1.165, 1.54) is 6.07 Å². The molecule has 0 spiro atoms. The second-order valence-corrected chi connectivity index (χ2v) is 6.09. The van der Waals surface area contributed by atoms with Gasteiger partial charge in [-0.3, -0.25) is 9.59 Å². The number of nitriles is 1. The van der Waals surface area contributed by atoms with Crippen molar-refractivity contribution in [2.75, 3.05) is 12.4 Å². The number of rotatable bonds is 5. The van der Waals surface area contributed by atoms with Crippen molar-refractivity contribution < 1.29 is 9.53 Å². The topological polar surface area (TPSA) is 97.0 Å². The van der Waals surface area contributed by atoms with Crippen LogP contribution in [0.15, 0.2) is 65.5 Å². The van der Waals surface area contributed by atoms with Crippen LogP contribution >= 0.6 is 0 Å². The number of nitrogens with zero attached hydrogens (tertiary/aromatic N) is 3. The molecule has 2 aromatic carbocycles. The summed E-state index contributed by atoms with van der Waals surface area (Å²) < 4.78 is 6.36. The second-order valence-electron chi connectivity index (χ2n) is 6.09. The molecule has 1 N–H and O–H groups in total. The molecule has 0 aliphatic carbocycles. The number of methoxy groups -OCH3 is 1. The average molecular weight is 374 g/mol. The molecule has 0 saturated heterocycles. The molecule has 7 nitrogen and oxygen atoms in total. The summed E-state index contributed by atoms with van der Waals surface area (Å²) in [6.45, 7) is 1.60. The Hall–Kier alpha value is -3.92. The van der Waals surface area contributed by atoms with Crippen molar-refractivity contribution in [2.24, 2.45) is 0 Å². The molecular formula is C21H18N4O3. The maximum absolute atomic E-state index is 12.6. The first-order chi connectivity index (χ1) is 13.5. The lowest BCUT2D eigenvalue weighted by atomic mass is 10.1. The predicted molar refractivity (Wildman–Crippen MR) is 105 cm³/mol. The van der Waals surface area contributed by atoms with E-state index in [1.807, 2.05) is 24.3 Å². The number of carbonyl (C=O) groups excluding carboxylic acids is 1. The molecule has 3 aromatic rings. The fraction of sp³-hybridized carbons (Fsp3) is 0.143. The lowest BCUT2D eigenvalue weighted by molar-refractivity contribution is -0.119. The number of carbonyl (C=O) groups is 1. The molecule has 0 fully saturated rings. The molecule has 1 unspecified atom stereocenters. The van der Waals surface area contributed by atoms with Crippen molar-refractivity contribution in [1.29, 1.82) is 5.26 Å². The summed E-state index contributed by atoms with van der Waals surface area (Å²) in [4.78, 5) is 24.8. The highest BCUT2D eigenvalue weighted by molar-refractivity contribution is 5.93.